The number of rotatable bonds is 3. The number of carbonyl (C=O) groups is 1. The van der Waals surface area contributed by atoms with Gasteiger partial charge in [0.15, 0.2) is 0 Å². The first kappa shape index (κ1) is 13.1. The Kier molecular flexibility index (Phi) is 3.22. The van der Waals surface area contributed by atoms with Gasteiger partial charge in [-0.05, 0) is 38.2 Å². The molecule has 1 aliphatic heterocycles. The Labute approximate surface area is 117 Å². The van der Waals surface area contributed by atoms with Gasteiger partial charge >= 0.3 is 5.97 Å². The molecule has 0 bridgehead atoms. The highest BCUT2D eigenvalue weighted by atomic mass is 16.4. The molecule has 3 rings (SSSR count). The number of carboxylic acids is 1. The number of hydrogen-bond acceptors (Lipinski definition) is 3. The molecule has 20 heavy (non-hydrogen) atoms. The zero-order valence-electron chi connectivity index (χ0n) is 11.8. The van der Waals surface area contributed by atoms with Gasteiger partial charge in [0.25, 0.3) is 0 Å². The van der Waals surface area contributed by atoms with Crippen molar-refractivity contribution in [1.82, 2.24) is 14.5 Å². The molecule has 1 fully saturated rings. The summed E-state index contributed by atoms with van der Waals surface area (Å²) in [6, 6.07) is 5.67. The summed E-state index contributed by atoms with van der Waals surface area (Å²) in [5.74, 6) is 0.142. The molecule has 1 N–H and O–H groups in total. The van der Waals surface area contributed by atoms with Crippen molar-refractivity contribution in [3.05, 3.63) is 29.6 Å². The van der Waals surface area contributed by atoms with Crippen molar-refractivity contribution in [2.45, 2.75) is 25.8 Å². The maximum atomic E-state index is 11.1. The number of aryl methyl sites for hydroxylation is 1. The summed E-state index contributed by atoms with van der Waals surface area (Å²) < 4.78 is 2.30. The van der Waals surface area contributed by atoms with Gasteiger partial charge in [-0.15, -0.1) is 0 Å². The van der Waals surface area contributed by atoms with Gasteiger partial charge in [-0.1, -0.05) is 6.92 Å². The second-order valence-corrected chi connectivity index (χ2v) is 5.46. The summed E-state index contributed by atoms with van der Waals surface area (Å²) in [6.45, 7) is 4.22. The van der Waals surface area contributed by atoms with Gasteiger partial charge in [-0.25, -0.2) is 9.78 Å². The van der Waals surface area contributed by atoms with E-state index in [4.69, 9.17) is 5.11 Å². The third kappa shape index (κ3) is 2.08. The minimum Gasteiger partial charge on any atom is -0.478 e. The molecular formula is C15H19N3O2. The standard InChI is InChI=1S/C15H19N3O2/c1-3-14-16-12-8-10(15(19)20)4-5-13(12)18(14)11-6-7-17(2)9-11/h4-5,8,11H,3,6-7,9H2,1-2H3,(H,19,20). The Morgan fingerprint density at radius 2 is 2.30 bits per heavy atom. The third-order valence-corrected chi connectivity index (χ3v) is 4.06. The highest BCUT2D eigenvalue weighted by Gasteiger charge is 2.25. The van der Waals surface area contributed by atoms with Crippen LogP contribution in [0.25, 0.3) is 11.0 Å². The van der Waals surface area contributed by atoms with Crippen LogP contribution in [0.3, 0.4) is 0 Å². The lowest BCUT2D eigenvalue weighted by molar-refractivity contribution is 0.0697. The molecule has 0 spiro atoms. The van der Waals surface area contributed by atoms with E-state index < -0.39 is 5.97 Å². The van der Waals surface area contributed by atoms with Crippen LogP contribution in [0.2, 0.25) is 0 Å². The average Bonchev–Trinajstić information content (AvgIpc) is 3.00. The highest BCUT2D eigenvalue weighted by Crippen LogP contribution is 2.28. The van der Waals surface area contributed by atoms with Crippen LogP contribution in [-0.4, -0.2) is 45.7 Å². The van der Waals surface area contributed by atoms with Gasteiger partial charge in [-0.2, -0.15) is 0 Å². The minimum absolute atomic E-state index is 0.299. The Balaban J connectivity index is 2.12. The molecule has 1 aromatic carbocycles. The SMILES string of the molecule is CCc1nc2cc(C(=O)O)ccc2n1C1CCN(C)C1. The summed E-state index contributed by atoms with van der Waals surface area (Å²) >= 11 is 0. The summed E-state index contributed by atoms with van der Waals surface area (Å²) in [5.41, 5.74) is 2.14. The number of likely N-dealkylation sites (tertiary alicyclic amines) is 1. The van der Waals surface area contributed by atoms with Crippen molar-refractivity contribution >= 4 is 17.0 Å². The molecule has 5 nitrogen and oxygen atoms in total. The summed E-state index contributed by atoms with van der Waals surface area (Å²) in [7, 11) is 2.13. The van der Waals surface area contributed by atoms with E-state index in [1.807, 2.05) is 6.07 Å². The van der Waals surface area contributed by atoms with Gasteiger partial charge in [0.05, 0.1) is 16.6 Å². The average molecular weight is 273 g/mol. The molecule has 1 atom stereocenters. The van der Waals surface area contributed by atoms with E-state index in [1.54, 1.807) is 12.1 Å². The van der Waals surface area contributed by atoms with Crippen LogP contribution in [0.1, 0.15) is 35.6 Å². The van der Waals surface area contributed by atoms with Gasteiger partial charge in [-0.3, -0.25) is 0 Å². The predicted octanol–water partition coefficient (Wildman–Crippen LogP) is 2.17. The lowest BCUT2D eigenvalue weighted by atomic mass is 10.2. The number of likely N-dealkylation sites (N-methyl/N-ethyl adjacent to an activating group) is 1. The number of imidazole rings is 1. The maximum Gasteiger partial charge on any atom is 0.335 e. The molecule has 5 heteroatoms. The van der Waals surface area contributed by atoms with Crippen molar-refractivity contribution < 1.29 is 9.90 Å². The fourth-order valence-corrected chi connectivity index (χ4v) is 3.06. The molecule has 2 heterocycles. The van der Waals surface area contributed by atoms with Crippen LogP contribution in [0.15, 0.2) is 18.2 Å². The fraction of sp³-hybridized carbons (Fsp3) is 0.467. The van der Waals surface area contributed by atoms with Crippen molar-refractivity contribution in [1.29, 1.82) is 0 Å². The second-order valence-electron chi connectivity index (χ2n) is 5.46. The Morgan fingerprint density at radius 3 is 2.90 bits per heavy atom. The molecule has 1 aromatic heterocycles. The quantitative estimate of drug-likeness (QED) is 0.931. The van der Waals surface area contributed by atoms with E-state index in [9.17, 15) is 4.79 Å². The largest absolute Gasteiger partial charge is 0.478 e. The molecule has 106 valence electrons. The first-order valence-electron chi connectivity index (χ1n) is 7.03. The van der Waals surface area contributed by atoms with Crippen LogP contribution in [0.4, 0.5) is 0 Å². The molecule has 0 radical (unpaired) electrons. The number of aromatic nitrogens is 2. The second kappa shape index (κ2) is 4.90. The van der Waals surface area contributed by atoms with Gasteiger partial charge in [0.1, 0.15) is 5.82 Å². The summed E-state index contributed by atoms with van der Waals surface area (Å²) in [4.78, 5) is 18.0. The van der Waals surface area contributed by atoms with Crippen molar-refractivity contribution in [3.8, 4) is 0 Å². The molecule has 1 unspecified atom stereocenters. The molecule has 2 aromatic rings. The number of carboxylic acid groups (broad SMARTS) is 1. The first-order chi connectivity index (χ1) is 9.60. The van der Waals surface area contributed by atoms with Crippen LogP contribution in [0, 0.1) is 0 Å². The van der Waals surface area contributed by atoms with Crippen LogP contribution in [0.5, 0.6) is 0 Å². The van der Waals surface area contributed by atoms with E-state index in [-0.39, 0.29) is 0 Å². The van der Waals surface area contributed by atoms with E-state index in [1.165, 1.54) is 0 Å². The van der Waals surface area contributed by atoms with E-state index in [0.717, 1.165) is 42.8 Å². The van der Waals surface area contributed by atoms with Gasteiger partial charge in [0, 0.05) is 19.0 Å². The number of aromatic carboxylic acids is 1. The molecule has 0 amide bonds. The molecule has 1 saturated heterocycles. The summed E-state index contributed by atoms with van der Waals surface area (Å²) in [6.07, 6.45) is 1.98. The normalized spacial score (nSPS) is 19.8. The molecular weight excluding hydrogens is 254 g/mol. The van der Waals surface area contributed by atoms with Crippen LogP contribution < -0.4 is 0 Å². The fourth-order valence-electron chi connectivity index (χ4n) is 3.06. The minimum atomic E-state index is -0.903. The number of benzene rings is 1. The highest BCUT2D eigenvalue weighted by molar-refractivity contribution is 5.92. The Hall–Kier alpha value is -1.88. The zero-order chi connectivity index (χ0) is 14.3. The van der Waals surface area contributed by atoms with Crippen molar-refractivity contribution in [2.24, 2.45) is 0 Å². The predicted molar refractivity (Wildman–Crippen MR) is 77.2 cm³/mol. The lowest BCUT2D eigenvalue weighted by Crippen LogP contribution is -2.17. The monoisotopic (exact) mass is 273 g/mol. The topological polar surface area (TPSA) is 58.4 Å². The maximum absolute atomic E-state index is 11.1. The number of hydrogen-bond donors (Lipinski definition) is 1. The zero-order valence-corrected chi connectivity index (χ0v) is 11.8. The van der Waals surface area contributed by atoms with Crippen LogP contribution >= 0.6 is 0 Å². The molecule has 1 aliphatic rings. The van der Waals surface area contributed by atoms with Gasteiger partial charge in [0.2, 0.25) is 0 Å². The summed E-state index contributed by atoms with van der Waals surface area (Å²) in [5, 5.41) is 9.08. The van der Waals surface area contributed by atoms with Gasteiger partial charge < -0.3 is 14.6 Å². The van der Waals surface area contributed by atoms with E-state index >= 15 is 0 Å². The molecule has 0 saturated carbocycles. The first-order valence-corrected chi connectivity index (χ1v) is 7.03. The smallest absolute Gasteiger partial charge is 0.335 e. The van der Waals surface area contributed by atoms with E-state index in [2.05, 4.69) is 28.4 Å². The lowest BCUT2D eigenvalue weighted by Gasteiger charge is -2.16. The van der Waals surface area contributed by atoms with Crippen molar-refractivity contribution in [2.75, 3.05) is 20.1 Å². The Bertz CT molecular complexity index is 662. The number of fused-ring (bicyclic) bond motifs is 1. The van der Waals surface area contributed by atoms with E-state index in [0.29, 0.717) is 11.6 Å². The third-order valence-electron chi connectivity index (χ3n) is 4.06. The number of nitrogens with zero attached hydrogens (tertiary/aromatic N) is 3. The van der Waals surface area contributed by atoms with Crippen molar-refractivity contribution in [3.63, 3.8) is 0 Å². The molecule has 0 aliphatic carbocycles. The van der Waals surface area contributed by atoms with Crippen LogP contribution in [-0.2, 0) is 6.42 Å². The Morgan fingerprint density at radius 1 is 1.50 bits per heavy atom.